The molecule has 2 fully saturated rings. The highest BCUT2D eigenvalue weighted by molar-refractivity contribution is 5.82. The maximum absolute atomic E-state index is 12.1. The van der Waals surface area contributed by atoms with Gasteiger partial charge in [-0.05, 0) is 0 Å². The first-order valence-corrected chi connectivity index (χ1v) is 13.5. The number of aliphatic carboxylic acids is 1. The van der Waals surface area contributed by atoms with Gasteiger partial charge >= 0.3 is 5.97 Å². The van der Waals surface area contributed by atoms with Crippen molar-refractivity contribution >= 4 is 23.7 Å². The SMILES string of the molecule is CC(=O)N[C@H]1[C@H](O[C@@H]([C@H](O)[C@@H](NC(C)=O)C(=O)O)[C@H](O)CO)O[C@H](CO)[C@@H](O[C@@H]2O[C@H](CO)[C@@H](O)[C@H](O)[C@H]2NC(C)=O)[C@@H]1O. The molecular weight excluding hydrogens is 602 g/mol. The zero-order valence-electron chi connectivity index (χ0n) is 24.0. The Morgan fingerprint density at radius 3 is 1.75 bits per heavy atom. The predicted molar refractivity (Wildman–Crippen MR) is 139 cm³/mol. The molecule has 0 aliphatic carbocycles. The third-order valence-corrected chi connectivity index (χ3v) is 6.93. The van der Waals surface area contributed by atoms with E-state index in [2.05, 4.69) is 10.6 Å². The molecular formula is C24H41N3O17. The number of rotatable bonds is 14. The molecule has 2 heterocycles. The highest BCUT2D eigenvalue weighted by atomic mass is 16.7. The van der Waals surface area contributed by atoms with Gasteiger partial charge in [-0.25, -0.2) is 4.79 Å². The second kappa shape index (κ2) is 16.6. The number of carboxylic acids is 1. The molecule has 0 bridgehead atoms. The standard InChI is InChI=1S/C24H41N3O17/c1-7(31)25-13(22(39)40)18(37)20(10(34)4-28)43-24-15(27-9(3)33)19(38)21(12(6-30)42-24)44-23-14(26-8(2)32)17(36)16(35)11(5-29)41-23/h10-21,23-24,28-30,34-38H,4-6H2,1-3H3,(H,25,31)(H,26,32)(H,27,33)(H,39,40)/t10-,11-,12-,13-,14-,15-,16-,17-,18-,19-,20-,21-,23+,24+/m1/s1. The van der Waals surface area contributed by atoms with E-state index in [9.17, 15) is 65.1 Å². The van der Waals surface area contributed by atoms with E-state index in [1.54, 1.807) is 0 Å². The van der Waals surface area contributed by atoms with E-state index < -0.39 is 129 Å². The summed E-state index contributed by atoms with van der Waals surface area (Å²) in [6.45, 7) is 0.257. The van der Waals surface area contributed by atoms with Gasteiger partial charge in [-0.3, -0.25) is 14.4 Å². The lowest BCUT2D eigenvalue weighted by Crippen LogP contribution is -2.70. The molecule has 254 valence electrons. The lowest BCUT2D eigenvalue weighted by Gasteiger charge is -2.48. The third kappa shape index (κ3) is 9.22. The van der Waals surface area contributed by atoms with Crippen molar-refractivity contribution in [3.63, 3.8) is 0 Å². The van der Waals surface area contributed by atoms with E-state index in [1.807, 2.05) is 5.32 Å². The highest BCUT2D eigenvalue weighted by Crippen LogP contribution is 2.31. The van der Waals surface area contributed by atoms with E-state index >= 15 is 0 Å². The van der Waals surface area contributed by atoms with Gasteiger partial charge in [-0.2, -0.15) is 0 Å². The zero-order valence-corrected chi connectivity index (χ0v) is 24.0. The first kappa shape index (κ1) is 37.6. The van der Waals surface area contributed by atoms with Crippen molar-refractivity contribution in [2.75, 3.05) is 19.8 Å². The second-order valence-electron chi connectivity index (χ2n) is 10.3. The predicted octanol–water partition coefficient (Wildman–Crippen LogP) is -7.41. The van der Waals surface area contributed by atoms with Crippen LogP contribution >= 0.6 is 0 Å². The Labute approximate surface area is 250 Å². The van der Waals surface area contributed by atoms with Gasteiger partial charge in [-0.15, -0.1) is 0 Å². The van der Waals surface area contributed by atoms with E-state index in [4.69, 9.17) is 18.9 Å². The molecule has 14 atom stereocenters. The van der Waals surface area contributed by atoms with Crippen LogP contribution in [0.4, 0.5) is 0 Å². The molecule has 0 radical (unpaired) electrons. The smallest absolute Gasteiger partial charge is 0.329 e. The maximum atomic E-state index is 12.1. The summed E-state index contributed by atoms with van der Waals surface area (Å²) in [5, 5.41) is 98.5. The number of ether oxygens (including phenoxy) is 4. The van der Waals surface area contributed by atoms with Crippen molar-refractivity contribution in [1.82, 2.24) is 16.0 Å². The molecule has 12 N–H and O–H groups in total. The van der Waals surface area contributed by atoms with Gasteiger partial charge in [0.25, 0.3) is 0 Å². The molecule has 20 nitrogen and oxygen atoms in total. The summed E-state index contributed by atoms with van der Waals surface area (Å²) < 4.78 is 22.5. The minimum atomic E-state index is -2.24. The minimum absolute atomic E-state index is 0.685. The maximum Gasteiger partial charge on any atom is 0.329 e. The Bertz CT molecular complexity index is 990. The Kier molecular flexibility index (Phi) is 14.2. The fraction of sp³-hybridized carbons (Fsp3) is 0.833. The lowest BCUT2D eigenvalue weighted by atomic mass is 9.94. The number of nitrogens with one attached hydrogen (secondary N) is 3. The monoisotopic (exact) mass is 643 g/mol. The molecule has 2 aliphatic heterocycles. The number of carbonyl (C=O) groups excluding carboxylic acids is 3. The van der Waals surface area contributed by atoms with Crippen LogP contribution in [-0.4, -0.2) is 175 Å². The largest absolute Gasteiger partial charge is 0.480 e. The summed E-state index contributed by atoms with van der Waals surface area (Å²) >= 11 is 0. The minimum Gasteiger partial charge on any atom is -0.480 e. The van der Waals surface area contributed by atoms with Crippen LogP contribution in [0.2, 0.25) is 0 Å². The van der Waals surface area contributed by atoms with Crippen molar-refractivity contribution in [1.29, 1.82) is 0 Å². The van der Waals surface area contributed by atoms with Gasteiger partial charge in [0.1, 0.15) is 67.0 Å². The van der Waals surface area contributed by atoms with E-state index in [0.29, 0.717) is 0 Å². The Balaban J connectivity index is 2.44. The van der Waals surface area contributed by atoms with Crippen LogP contribution in [0.3, 0.4) is 0 Å². The van der Waals surface area contributed by atoms with Gasteiger partial charge < -0.3 is 80.9 Å². The number of hydrogen-bond donors (Lipinski definition) is 12. The summed E-state index contributed by atoms with van der Waals surface area (Å²) in [4.78, 5) is 47.1. The van der Waals surface area contributed by atoms with Crippen molar-refractivity contribution < 1.29 is 84.1 Å². The fourth-order valence-electron chi connectivity index (χ4n) is 4.84. The van der Waals surface area contributed by atoms with E-state index in [-0.39, 0.29) is 0 Å². The van der Waals surface area contributed by atoms with Crippen LogP contribution in [0.1, 0.15) is 20.8 Å². The molecule has 0 unspecified atom stereocenters. The molecule has 3 amide bonds. The lowest BCUT2D eigenvalue weighted by molar-refractivity contribution is -0.341. The van der Waals surface area contributed by atoms with Gasteiger partial charge in [0.05, 0.1) is 19.8 Å². The molecule has 0 aromatic heterocycles. The second-order valence-corrected chi connectivity index (χ2v) is 10.3. The van der Waals surface area contributed by atoms with Crippen LogP contribution in [0.5, 0.6) is 0 Å². The first-order valence-electron chi connectivity index (χ1n) is 13.5. The van der Waals surface area contributed by atoms with Gasteiger partial charge in [-0.1, -0.05) is 0 Å². The third-order valence-electron chi connectivity index (χ3n) is 6.93. The Hall–Kier alpha value is -2.60. The van der Waals surface area contributed by atoms with Crippen molar-refractivity contribution in [3.05, 3.63) is 0 Å². The van der Waals surface area contributed by atoms with Crippen LogP contribution in [0.25, 0.3) is 0 Å². The summed E-state index contributed by atoms with van der Waals surface area (Å²) in [5.74, 6) is -4.09. The van der Waals surface area contributed by atoms with Gasteiger partial charge in [0.2, 0.25) is 17.7 Å². The molecule has 44 heavy (non-hydrogen) atoms. The van der Waals surface area contributed by atoms with Crippen LogP contribution in [0, 0.1) is 0 Å². The molecule has 0 saturated carbocycles. The molecule has 2 rings (SSSR count). The zero-order chi connectivity index (χ0) is 33.5. The molecule has 0 aromatic carbocycles. The first-order chi connectivity index (χ1) is 20.6. The summed E-state index contributed by atoms with van der Waals surface area (Å²) in [5.41, 5.74) is 0. The topological polar surface area (TPSA) is 323 Å². The average Bonchev–Trinajstić information content (AvgIpc) is 2.95. The molecule has 0 aromatic rings. The average molecular weight is 644 g/mol. The fourth-order valence-corrected chi connectivity index (χ4v) is 4.84. The molecule has 2 saturated heterocycles. The van der Waals surface area contributed by atoms with Crippen LogP contribution < -0.4 is 16.0 Å². The number of hydrogen-bond acceptors (Lipinski definition) is 16. The number of amides is 3. The van der Waals surface area contributed by atoms with Crippen molar-refractivity contribution in [2.24, 2.45) is 0 Å². The molecule has 2 aliphatic rings. The van der Waals surface area contributed by atoms with Crippen molar-refractivity contribution in [2.45, 2.75) is 106 Å². The number of carboxylic acid groups (broad SMARTS) is 1. The van der Waals surface area contributed by atoms with Crippen LogP contribution in [0.15, 0.2) is 0 Å². The summed E-state index contributed by atoms with van der Waals surface area (Å²) in [6.07, 6.45) is -19.8. The molecule has 0 spiro atoms. The van der Waals surface area contributed by atoms with Crippen LogP contribution in [-0.2, 0) is 38.1 Å². The number of aliphatic hydroxyl groups excluding tert-OH is 8. The Morgan fingerprint density at radius 2 is 1.30 bits per heavy atom. The summed E-state index contributed by atoms with van der Waals surface area (Å²) in [6, 6.07) is -5.19. The summed E-state index contributed by atoms with van der Waals surface area (Å²) in [7, 11) is 0. The Morgan fingerprint density at radius 1 is 0.773 bits per heavy atom. The quantitative estimate of drug-likeness (QED) is 0.0836. The number of aliphatic hydroxyl groups is 8. The van der Waals surface area contributed by atoms with Crippen molar-refractivity contribution in [3.8, 4) is 0 Å². The van der Waals surface area contributed by atoms with Gasteiger partial charge in [0.15, 0.2) is 18.6 Å². The molecule has 20 heteroatoms. The normalized spacial score (nSPS) is 35.1. The van der Waals surface area contributed by atoms with E-state index in [1.165, 1.54) is 0 Å². The highest BCUT2D eigenvalue weighted by Gasteiger charge is 2.53. The van der Waals surface area contributed by atoms with E-state index in [0.717, 1.165) is 20.8 Å². The van der Waals surface area contributed by atoms with Gasteiger partial charge in [0, 0.05) is 20.8 Å². The number of carbonyl (C=O) groups is 4.